The van der Waals surface area contributed by atoms with Gasteiger partial charge in [0.15, 0.2) is 0 Å². The van der Waals surface area contributed by atoms with Crippen LogP contribution in [0.1, 0.15) is 18.4 Å². The highest BCUT2D eigenvalue weighted by atomic mass is 32.2. The number of aromatic nitrogens is 2. The molecule has 40 heavy (non-hydrogen) atoms. The van der Waals surface area contributed by atoms with E-state index in [2.05, 4.69) is 51.1 Å². The van der Waals surface area contributed by atoms with Crippen molar-refractivity contribution in [1.82, 2.24) is 14.0 Å². The predicted octanol–water partition coefficient (Wildman–Crippen LogP) is 3.48. The summed E-state index contributed by atoms with van der Waals surface area (Å²) < 4.78 is 7.45. The van der Waals surface area contributed by atoms with Gasteiger partial charge < -0.3 is 19.4 Å². The Bertz CT molecular complexity index is 1550. The Balaban J connectivity index is 1.27. The molecule has 0 spiro atoms. The number of hydrogen-bond acceptors (Lipinski definition) is 8. The van der Waals surface area contributed by atoms with Gasteiger partial charge in [0.1, 0.15) is 5.82 Å². The van der Waals surface area contributed by atoms with Crippen molar-refractivity contribution in [2.45, 2.75) is 22.6 Å². The molecule has 210 valence electrons. The largest absolute Gasteiger partial charge is 0.466 e. The number of nitrogens with zero attached hydrogens (tertiary/aromatic N) is 5. The molecule has 5 rings (SSSR count). The zero-order chi connectivity index (χ0) is 28.2. The molecule has 1 saturated heterocycles. The van der Waals surface area contributed by atoms with Crippen LogP contribution in [0.15, 0.2) is 74.0 Å². The summed E-state index contributed by atoms with van der Waals surface area (Å²) in [7, 11) is 4.61. The lowest BCUT2D eigenvalue weighted by molar-refractivity contribution is -0.134. The maximum Gasteiger partial charge on any atom is 0.332 e. The third-order valence-electron chi connectivity index (χ3n) is 7.53. The van der Waals surface area contributed by atoms with Crippen LogP contribution < -0.4 is 21.0 Å². The highest BCUT2D eigenvalue weighted by Crippen LogP contribution is 2.48. The number of hydrogen-bond donors (Lipinski definition) is 0. The van der Waals surface area contributed by atoms with Crippen molar-refractivity contribution in [2.75, 3.05) is 56.2 Å². The summed E-state index contributed by atoms with van der Waals surface area (Å²) in [5.74, 6) is 0.313. The van der Waals surface area contributed by atoms with Gasteiger partial charge in [0.25, 0.3) is 5.56 Å². The molecule has 9 nitrogen and oxygen atoms in total. The van der Waals surface area contributed by atoms with E-state index in [0.29, 0.717) is 5.82 Å². The molecular weight excluding hydrogens is 526 g/mol. The third-order valence-corrected chi connectivity index (χ3v) is 8.66. The van der Waals surface area contributed by atoms with Gasteiger partial charge >= 0.3 is 11.7 Å². The Morgan fingerprint density at radius 2 is 1.73 bits per heavy atom. The van der Waals surface area contributed by atoms with Gasteiger partial charge in [-0.25, -0.2) is 9.59 Å². The first-order chi connectivity index (χ1) is 19.4. The molecule has 0 amide bonds. The predicted molar refractivity (Wildman–Crippen MR) is 160 cm³/mol. The van der Waals surface area contributed by atoms with Crippen LogP contribution in [0.5, 0.6) is 0 Å². The van der Waals surface area contributed by atoms with Gasteiger partial charge in [0.2, 0.25) is 0 Å². The first-order valence-corrected chi connectivity index (χ1v) is 14.4. The second-order valence-electron chi connectivity index (χ2n) is 10.1. The Morgan fingerprint density at radius 3 is 2.55 bits per heavy atom. The van der Waals surface area contributed by atoms with Crippen molar-refractivity contribution >= 4 is 41.0 Å². The Hall–Kier alpha value is -3.76. The SMILES string of the molecule is COC(=O)/C=C/c1ccc2c(c1)N(CCCN1CCCN(c3cc(=O)n(C)c(=O)n3C)CC1)c1ccccc1S2. The molecule has 3 heterocycles. The Labute approximate surface area is 238 Å². The van der Waals surface area contributed by atoms with E-state index in [4.69, 9.17) is 4.74 Å². The fourth-order valence-corrected chi connectivity index (χ4v) is 6.40. The van der Waals surface area contributed by atoms with Crippen LogP contribution in [0.3, 0.4) is 0 Å². The molecule has 2 aliphatic rings. The van der Waals surface area contributed by atoms with Crippen molar-refractivity contribution in [3.05, 3.63) is 81.0 Å². The van der Waals surface area contributed by atoms with Crippen LogP contribution >= 0.6 is 11.8 Å². The summed E-state index contributed by atoms with van der Waals surface area (Å²) in [4.78, 5) is 45.7. The van der Waals surface area contributed by atoms with Crippen molar-refractivity contribution in [3.8, 4) is 0 Å². The monoisotopic (exact) mass is 561 g/mol. The summed E-state index contributed by atoms with van der Waals surface area (Å²) in [6, 6.07) is 16.3. The fourth-order valence-electron chi connectivity index (χ4n) is 5.32. The molecule has 10 heteroatoms. The highest BCUT2D eigenvalue weighted by molar-refractivity contribution is 7.99. The van der Waals surface area contributed by atoms with E-state index in [0.717, 1.165) is 67.9 Å². The van der Waals surface area contributed by atoms with Crippen LogP contribution in [-0.2, 0) is 23.6 Å². The number of benzene rings is 2. The summed E-state index contributed by atoms with van der Waals surface area (Å²) in [5, 5.41) is 0. The van der Waals surface area contributed by atoms with E-state index in [9.17, 15) is 14.4 Å². The van der Waals surface area contributed by atoms with Gasteiger partial charge in [-0.3, -0.25) is 13.9 Å². The van der Waals surface area contributed by atoms with E-state index in [-0.39, 0.29) is 17.2 Å². The minimum absolute atomic E-state index is 0.275. The molecule has 1 aromatic heterocycles. The third kappa shape index (κ3) is 5.88. The highest BCUT2D eigenvalue weighted by Gasteiger charge is 2.24. The average Bonchev–Trinajstić information content (AvgIpc) is 3.22. The number of methoxy groups -OCH3 is 1. The molecule has 1 fully saturated rings. The number of fused-ring (bicyclic) bond motifs is 2. The zero-order valence-corrected chi connectivity index (χ0v) is 24.0. The lowest BCUT2D eigenvalue weighted by Gasteiger charge is -2.33. The minimum atomic E-state index is -0.373. The van der Waals surface area contributed by atoms with E-state index in [1.165, 1.54) is 35.7 Å². The summed E-state index contributed by atoms with van der Waals surface area (Å²) in [5.41, 5.74) is 2.72. The number of carbonyl (C=O) groups is 1. The molecule has 2 aromatic carbocycles. The smallest absolute Gasteiger partial charge is 0.332 e. The second kappa shape index (κ2) is 12.2. The normalized spacial score (nSPS) is 15.6. The molecule has 0 atom stereocenters. The topological polar surface area (TPSA) is 80.0 Å². The number of esters is 1. The molecule has 0 aliphatic carbocycles. The quantitative estimate of drug-likeness (QED) is 0.321. The Kier molecular flexibility index (Phi) is 8.46. The maximum atomic E-state index is 12.4. The summed E-state index contributed by atoms with van der Waals surface area (Å²) >= 11 is 1.77. The van der Waals surface area contributed by atoms with Crippen LogP contribution in [0, 0.1) is 0 Å². The lowest BCUT2D eigenvalue weighted by Crippen LogP contribution is -2.41. The molecule has 3 aromatic rings. The minimum Gasteiger partial charge on any atom is -0.466 e. The van der Waals surface area contributed by atoms with Crippen molar-refractivity contribution in [2.24, 2.45) is 14.1 Å². The number of carbonyl (C=O) groups excluding carboxylic acids is 1. The van der Waals surface area contributed by atoms with Crippen molar-refractivity contribution < 1.29 is 9.53 Å². The van der Waals surface area contributed by atoms with Gasteiger partial charge in [-0.2, -0.15) is 0 Å². The van der Waals surface area contributed by atoms with E-state index in [1.54, 1.807) is 35.5 Å². The van der Waals surface area contributed by atoms with Crippen LogP contribution in [0.4, 0.5) is 17.2 Å². The first-order valence-electron chi connectivity index (χ1n) is 13.5. The molecule has 0 bridgehead atoms. The molecular formula is C30H35N5O4S. The second-order valence-corrected chi connectivity index (χ2v) is 11.2. The lowest BCUT2D eigenvalue weighted by atomic mass is 10.1. The van der Waals surface area contributed by atoms with Crippen molar-refractivity contribution in [3.63, 3.8) is 0 Å². The van der Waals surface area contributed by atoms with E-state index >= 15 is 0 Å². The first kappa shape index (κ1) is 27.8. The summed E-state index contributed by atoms with van der Waals surface area (Å²) in [6.45, 7) is 5.23. The zero-order valence-electron chi connectivity index (χ0n) is 23.2. The van der Waals surface area contributed by atoms with E-state index in [1.807, 2.05) is 6.07 Å². The molecule has 0 unspecified atom stereocenters. The van der Waals surface area contributed by atoms with Crippen LogP contribution in [0.2, 0.25) is 0 Å². The van der Waals surface area contributed by atoms with Gasteiger partial charge in [0, 0.05) is 62.2 Å². The number of anilines is 3. The van der Waals surface area contributed by atoms with Gasteiger partial charge in [-0.05, 0) is 61.8 Å². The molecule has 0 saturated carbocycles. The summed E-state index contributed by atoms with van der Waals surface area (Å²) in [6.07, 6.45) is 5.18. The average molecular weight is 562 g/mol. The van der Waals surface area contributed by atoms with Gasteiger partial charge in [0.05, 0.1) is 18.5 Å². The van der Waals surface area contributed by atoms with E-state index < -0.39 is 0 Å². The standard InChI is InChI=1S/C30H35N5O4S/c1-31-27(21-28(36)32(2)30(31)38)34-16-6-14-33(18-19-34)15-7-17-35-23-8-4-5-9-25(23)40-26-12-10-22(20-24(26)35)11-13-29(37)39-3/h4-5,8-13,20-21H,6-7,14-19H2,1-3H3/b13-11+. The van der Waals surface area contributed by atoms with Gasteiger partial charge in [-0.15, -0.1) is 0 Å². The Morgan fingerprint density at radius 1 is 0.925 bits per heavy atom. The fraction of sp³-hybridized carbons (Fsp3) is 0.367. The number of rotatable bonds is 7. The number of ether oxygens (including phenoxy) is 1. The van der Waals surface area contributed by atoms with Crippen LogP contribution in [-0.4, -0.2) is 66.4 Å². The molecule has 0 N–H and O–H groups in total. The number of para-hydroxylation sites is 1. The van der Waals surface area contributed by atoms with Gasteiger partial charge in [-0.1, -0.05) is 30.0 Å². The van der Waals surface area contributed by atoms with Crippen molar-refractivity contribution in [1.29, 1.82) is 0 Å². The maximum absolute atomic E-state index is 12.4. The molecule has 0 radical (unpaired) electrons. The molecule has 2 aliphatic heterocycles. The van der Waals surface area contributed by atoms with Crippen LogP contribution in [0.25, 0.3) is 6.08 Å².